The molecule has 1 unspecified atom stereocenters. The number of halogens is 2. The van der Waals surface area contributed by atoms with Gasteiger partial charge in [-0.3, -0.25) is 0 Å². The van der Waals surface area contributed by atoms with Crippen molar-refractivity contribution < 1.29 is 13.3 Å². The van der Waals surface area contributed by atoms with Gasteiger partial charge >= 0.3 is 0 Å². The maximum absolute atomic E-state index is 15.9. The Labute approximate surface area is 129 Å². The minimum Gasteiger partial charge on any atom is -0.245 e. The summed E-state index contributed by atoms with van der Waals surface area (Å²) in [5.41, 5.74) is 2.25. The summed E-state index contributed by atoms with van der Waals surface area (Å²) in [5.74, 6) is -0.393. The van der Waals surface area contributed by atoms with E-state index >= 15 is 4.39 Å². The highest BCUT2D eigenvalue weighted by Gasteiger charge is 2.52. The summed E-state index contributed by atoms with van der Waals surface area (Å²) in [7, 11) is 0. The van der Waals surface area contributed by atoms with Crippen LogP contribution in [0.5, 0.6) is 0 Å². The molecule has 0 amide bonds. The van der Waals surface area contributed by atoms with Gasteiger partial charge in [-0.25, -0.2) is 13.8 Å². The van der Waals surface area contributed by atoms with Crippen molar-refractivity contribution in [2.75, 3.05) is 0 Å². The zero-order valence-electron chi connectivity index (χ0n) is 13.5. The fraction of sp³-hybridized carbons (Fsp3) is 0.444. The molecule has 1 aliphatic heterocycles. The zero-order valence-corrected chi connectivity index (χ0v) is 13.5. The van der Waals surface area contributed by atoms with Crippen molar-refractivity contribution in [2.24, 2.45) is 0 Å². The van der Waals surface area contributed by atoms with E-state index in [1.54, 1.807) is 6.07 Å². The lowest BCUT2D eigenvalue weighted by atomic mass is 9.77. The van der Waals surface area contributed by atoms with Gasteiger partial charge in [-0.1, -0.05) is 13.8 Å². The van der Waals surface area contributed by atoms with Gasteiger partial charge in [0.1, 0.15) is 17.2 Å². The SMILES string of the molecule is CC[C@H]1[n+]2cc(C)nc(C)c2-c2ccc(F)cc2C1(F)CC. The quantitative estimate of drug-likeness (QED) is 0.755. The summed E-state index contributed by atoms with van der Waals surface area (Å²) >= 11 is 0. The van der Waals surface area contributed by atoms with Crippen molar-refractivity contribution in [1.82, 2.24) is 4.98 Å². The number of aryl methyl sites for hydroxylation is 2. The Bertz CT molecular complexity index is 742. The first kappa shape index (κ1) is 15.1. The van der Waals surface area contributed by atoms with Crippen molar-refractivity contribution in [3.05, 3.63) is 47.2 Å². The van der Waals surface area contributed by atoms with Crippen LogP contribution in [0.3, 0.4) is 0 Å². The summed E-state index contributed by atoms with van der Waals surface area (Å²) in [6.45, 7) is 7.64. The van der Waals surface area contributed by atoms with Crippen LogP contribution >= 0.6 is 0 Å². The van der Waals surface area contributed by atoms with E-state index in [0.717, 1.165) is 22.6 Å². The molecule has 0 fully saturated rings. The number of benzene rings is 1. The molecule has 0 spiro atoms. The van der Waals surface area contributed by atoms with E-state index in [4.69, 9.17) is 0 Å². The minimum atomic E-state index is -1.57. The van der Waals surface area contributed by atoms with Crippen LogP contribution < -0.4 is 4.57 Å². The molecule has 0 saturated heterocycles. The predicted octanol–water partition coefficient (Wildman–Crippen LogP) is 4.33. The molecule has 2 aromatic rings. The molecule has 116 valence electrons. The number of alkyl halides is 1. The van der Waals surface area contributed by atoms with Gasteiger partial charge in [-0.05, 0) is 38.5 Å². The maximum Gasteiger partial charge on any atom is 0.234 e. The van der Waals surface area contributed by atoms with E-state index in [9.17, 15) is 4.39 Å². The average molecular weight is 303 g/mol. The number of fused-ring (bicyclic) bond motifs is 3. The Hall–Kier alpha value is -1.84. The van der Waals surface area contributed by atoms with Gasteiger partial charge in [0.05, 0.1) is 5.56 Å². The van der Waals surface area contributed by atoms with Crippen LogP contribution in [0.1, 0.15) is 49.7 Å². The Balaban J connectivity index is 2.42. The molecule has 2 atom stereocenters. The molecule has 2 nitrogen and oxygen atoms in total. The van der Waals surface area contributed by atoms with Gasteiger partial charge in [0, 0.05) is 12.0 Å². The van der Waals surface area contributed by atoms with Gasteiger partial charge in [-0.15, -0.1) is 0 Å². The molecule has 1 aliphatic rings. The van der Waals surface area contributed by atoms with Crippen molar-refractivity contribution >= 4 is 0 Å². The normalized spacial score (nSPS) is 23.1. The van der Waals surface area contributed by atoms with Gasteiger partial charge in [0.25, 0.3) is 0 Å². The van der Waals surface area contributed by atoms with Crippen molar-refractivity contribution in [3.8, 4) is 11.3 Å². The molecule has 0 aliphatic carbocycles. The highest BCUT2D eigenvalue weighted by atomic mass is 19.1. The van der Waals surface area contributed by atoms with E-state index in [2.05, 4.69) is 4.98 Å². The second-order valence-corrected chi connectivity index (χ2v) is 6.05. The van der Waals surface area contributed by atoms with Gasteiger partial charge in [0.15, 0.2) is 17.9 Å². The molecule has 2 heterocycles. The Morgan fingerprint density at radius 2 is 2.00 bits per heavy atom. The molecule has 3 rings (SSSR count). The standard InChI is InChI=1S/C18H21F2N2/c1-5-16-18(20,6-2)15-9-13(19)7-8-14(15)17-12(4)21-11(3)10-22(16)17/h7-10,16H,5-6H2,1-4H3/q+1/t16-,18?/m1/s1. The summed E-state index contributed by atoms with van der Waals surface area (Å²) in [4.78, 5) is 4.51. The third-order valence-electron chi connectivity index (χ3n) is 4.72. The van der Waals surface area contributed by atoms with E-state index in [1.807, 2.05) is 38.5 Å². The first-order valence-electron chi connectivity index (χ1n) is 7.81. The summed E-state index contributed by atoms with van der Waals surface area (Å²) in [6.07, 6.45) is 2.86. The largest absolute Gasteiger partial charge is 0.245 e. The predicted molar refractivity (Wildman–Crippen MR) is 81.7 cm³/mol. The average Bonchev–Trinajstić information content (AvgIpc) is 2.47. The molecule has 0 saturated carbocycles. The zero-order chi connectivity index (χ0) is 16.1. The minimum absolute atomic E-state index is 0.314. The second-order valence-electron chi connectivity index (χ2n) is 6.05. The van der Waals surface area contributed by atoms with Crippen LogP contribution in [-0.4, -0.2) is 4.98 Å². The van der Waals surface area contributed by atoms with E-state index in [1.165, 1.54) is 12.1 Å². The van der Waals surface area contributed by atoms with Crippen LogP contribution in [0.4, 0.5) is 8.78 Å². The number of hydrogen-bond donors (Lipinski definition) is 0. The number of aromatic nitrogens is 2. The molecule has 0 radical (unpaired) electrons. The van der Waals surface area contributed by atoms with Crippen LogP contribution in [0.15, 0.2) is 24.4 Å². The lowest BCUT2D eigenvalue weighted by Crippen LogP contribution is -2.54. The lowest BCUT2D eigenvalue weighted by Gasteiger charge is -2.35. The highest BCUT2D eigenvalue weighted by Crippen LogP contribution is 2.47. The highest BCUT2D eigenvalue weighted by molar-refractivity contribution is 5.66. The summed E-state index contributed by atoms with van der Waals surface area (Å²) in [5, 5.41) is 0. The maximum atomic E-state index is 15.9. The number of rotatable bonds is 2. The third-order valence-corrected chi connectivity index (χ3v) is 4.72. The van der Waals surface area contributed by atoms with E-state index in [0.29, 0.717) is 18.4 Å². The number of nitrogens with zero attached hydrogens (tertiary/aromatic N) is 2. The molecule has 0 bridgehead atoms. The molecule has 0 N–H and O–H groups in total. The fourth-order valence-electron chi connectivity index (χ4n) is 3.79. The Morgan fingerprint density at radius 1 is 1.27 bits per heavy atom. The molecule has 1 aromatic carbocycles. The monoisotopic (exact) mass is 303 g/mol. The number of hydrogen-bond acceptors (Lipinski definition) is 1. The van der Waals surface area contributed by atoms with Gasteiger partial charge in [-0.2, -0.15) is 4.57 Å². The smallest absolute Gasteiger partial charge is 0.234 e. The van der Waals surface area contributed by atoms with E-state index in [-0.39, 0.29) is 6.04 Å². The Morgan fingerprint density at radius 3 is 2.64 bits per heavy atom. The molecule has 4 heteroatoms. The van der Waals surface area contributed by atoms with Gasteiger partial charge < -0.3 is 0 Å². The molecular formula is C18H21F2N2+. The molecular weight excluding hydrogens is 282 g/mol. The fourth-order valence-corrected chi connectivity index (χ4v) is 3.79. The molecule has 22 heavy (non-hydrogen) atoms. The van der Waals surface area contributed by atoms with Gasteiger partial charge in [0.2, 0.25) is 5.69 Å². The third kappa shape index (κ3) is 1.97. The van der Waals surface area contributed by atoms with Crippen LogP contribution in [0.2, 0.25) is 0 Å². The first-order valence-corrected chi connectivity index (χ1v) is 7.81. The summed E-state index contributed by atoms with van der Waals surface area (Å²) < 4.78 is 31.6. The van der Waals surface area contributed by atoms with Crippen LogP contribution in [0.25, 0.3) is 11.3 Å². The van der Waals surface area contributed by atoms with Crippen molar-refractivity contribution in [3.63, 3.8) is 0 Å². The van der Waals surface area contributed by atoms with Crippen LogP contribution in [-0.2, 0) is 5.67 Å². The lowest BCUT2D eigenvalue weighted by molar-refractivity contribution is -0.731. The Kier molecular flexibility index (Phi) is 3.50. The molecule has 1 aromatic heterocycles. The van der Waals surface area contributed by atoms with E-state index < -0.39 is 11.5 Å². The topological polar surface area (TPSA) is 16.8 Å². The summed E-state index contributed by atoms with van der Waals surface area (Å²) in [6, 6.07) is 4.08. The van der Waals surface area contributed by atoms with Crippen molar-refractivity contribution in [2.45, 2.75) is 52.2 Å². The van der Waals surface area contributed by atoms with Crippen LogP contribution in [0, 0.1) is 19.7 Å². The van der Waals surface area contributed by atoms with Crippen molar-refractivity contribution in [1.29, 1.82) is 0 Å². The second kappa shape index (κ2) is 5.11. The first-order chi connectivity index (χ1) is 10.4.